The molecule has 1 amide bonds. The van der Waals surface area contributed by atoms with Crippen LogP contribution < -0.4 is 16.7 Å². The van der Waals surface area contributed by atoms with Crippen LogP contribution in [0.2, 0.25) is 0 Å². The van der Waals surface area contributed by atoms with E-state index in [1.165, 1.54) is 11.8 Å². The summed E-state index contributed by atoms with van der Waals surface area (Å²) < 4.78 is 24.7. The van der Waals surface area contributed by atoms with Gasteiger partial charge >= 0.3 is 11.8 Å². The highest BCUT2D eigenvalue weighted by molar-refractivity contribution is 6.14. The largest absolute Gasteiger partial charge is 0.453 e. The van der Waals surface area contributed by atoms with Gasteiger partial charge in [0.2, 0.25) is 5.95 Å². The average molecular weight is 561 g/mol. The SMILES string of the molecule is COC(=O)N[C@@H]1CC[C@@H](n2c(=O)n(C)c3cnc4[nH]c(-c5cn(C)nc5F)c(-c5ccc(CCCN)cc5)c4c32)C1. The number of carbonyl (C=O) groups excluding carboxylic acids is 1. The summed E-state index contributed by atoms with van der Waals surface area (Å²) in [6.45, 7) is 0.612. The number of hydrogen-bond acceptors (Lipinski definition) is 6. The van der Waals surface area contributed by atoms with E-state index < -0.39 is 12.0 Å². The van der Waals surface area contributed by atoms with Crippen molar-refractivity contribution in [2.24, 2.45) is 19.8 Å². The van der Waals surface area contributed by atoms with E-state index in [4.69, 9.17) is 10.5 Å². The molecule has 0 bridgehead atoms. The first kappa shape index (κ1) is 26.8. The van der Waals surface area contributed by atoms with E-state index in [2.05, 4.69) is 32.5 Å². The van der Waals surface area contributed by atoms with Gasteiger partial charge in [-0.1, -0.05) is 24.3 Å². The summed E-state index contributed by atoms with van der Waals surface area (Å²) >= 11 is 0. The van der Waals surface area contributed by atoms with Crippen LogP contribution in [0.3, 0.4) is 0 Å². The molecule has 1 aliphatic carbocycles. The number of alkyl carbamates (subject to hydrolysis) is 1. The smallest absolute Gasteiger partial charge is 0.407 e. The van der Waals surface area contributed by atoms with Gasteiger partial charge in [-0.25, -0.2) is 14.6 Å². The predicted molar refractivity (Wildman–Crippen MR) is 154 cm³/mol. The standard InChI is InChI=1S/C29H33FN8O3/c1-36-15-20(26(30)35-36)24-22(17-8-6-16(7-9-17)5-4-12-31)23-25-21(14-32-27(23)34-24)37(2)29(40)38(25)19-11-10-18(13-19)33-28(39)41-3/h6-9,14-15,18-19H,4-5,10-13,31H2,1-3H3,(H,32,34)(H,33,39)/t18-,19-/m1/s1. The number of H-pyrrole nitrogens is 1. The molecule has 41 heavy (non-hydrogen) atoms. The molecule has 0 unspecified atom stereocenters. The minimum atomic E-state index is -0.603. The number of rotatable bonds is 7. The van der Waals surface area contributed by atoms with E-state index in [-0.39, 0.29) is 17.8 Å². The zero-order valence-corrected chi connectivity index (χ0v) is 23.3. The molecule has 4 aromatic heterocycles. The molecule has 11 nitrogen and oxygen atoms in total. The lowest BCUT2D eigenvalue weighted by molar-refractivity contribution is 0.166. The van der Waals surface area contributed by atoms with Gasteiger partial charge in [-0.2, -0.15) is 4.39 Å². The number of nitrogens with one attached hydrogen (secondary N) is 2. The van der Waals surface area contributed by atoms with Gasteiger partial charge in [-0.05, 0) is 49.8 Å². The van der Waals surface area contributed by atoms with Crippen LogP contribution in [-0.2, 0) is 25.3 Å². The van der Waals surface area contributed by atoms with Crippen LogP contribution in [0.4, 0.5) is 9.18 Å². The maximum Gasteiger partial charge on any atom is 0.407 e. The van der Waals surface area contributed by atoms with Crippen LogP contribution in [0.25, 0.3) is 44.5 Å². The van der Waals surface area contributed by atoms with Crippen molar-refractivity contribution in [2.75, 3.05) is 13.7 Å². The first-order chi connectivity index (χ1) is 19.8. The molecule has 0 saturated heterocycles. The number of fused-ring (bicyclic) bond motifs is 3. The van der Waals surface area contributed by atoms with Crippen molar-refractivity contribution in [3.8, 4) is 22.4 Å². The normalized spacial score (nSPS) is 17.1. The molecular formula is C29H33FN8O3. The number of aryl methyl sites for hydroxylation is 3. The van der Waals surface area contributed by atoms with Crippen molar-refractivity contribution in [2.45, 2.75) is 44.2 Å². The van der Waals surface area contributed by atoms with Crippen molar-refractivity contribution in [3.63, 3.8) is 0 Å². The lowest BCUT2D eigenvalue weighted by Crippen LogP contribution is -2.33. The number of nitrogens with zero attached hydrogens (tertiary/aromatic N) is 5. The maximum absolute atomic E-state index is 15.1. The number of aromatic amines is 1. The quantitative estimate of drug-likeness (QED) is 0.277. The summed E-state index contributed by atoms with van der Waals surface area (Å²) in [5.41, 5.74) is 11.1. The summed E-state index contributed by atoms with van der Waals surface area (Å²) in [5.74, 6) is -0.603. The average Bonchev–Trinajstić information content (AvgIpc) is 3.72. The highest BCUT2D eigenvalue weighted by Crippen LogP contribution is 2.43. The fraction of sp³-hybridized carbons (Fsp3) is 0.379. The zero-order chi connectivity index (χ0) is 28.8. The lowest BCUT2D eigenvalue weighted by Gasteiger charge is -2.15. The van der Waals surface area contributed by atoms with Gasteiger partial charge in [0.1, 0.15) is 5.65 Å². The minimum Gasteiger partial charge on any atom is -0.453 e. The third-order valence-electron chi connectivity index (χ3n) is 8.11. The number of ether oxygens (including phenoxy) is 1. The van der Waals surface area contributed by atoms with Crippen LogP contribution in [0.5, 0.6) is 0 Å². The van der Waals surface area contributed by atoms with Crippen molar-refractivity contribution in [3.05, 3.63) is 58.7 Å². The lowest BCUT2D eigenvalue weighted by atomic mass is 9.97. The van der Waals surface area contributed by atoms with Gasteiger partial charge in [0.25, 0.3) is 0 Å². The second kappa shape index (κ2) is 10.5. The molecule has 1 aromatic carbocycles. The molecule has 0 radical (unpaired) electrons. The minimum absolute atomic E-state index is 0.112. The molecule has 2 atom stereocenters. The molecule has 1 fully saturated rings. The first-order valence-electron chi connectivity index (χ1n) is 13.8. The van der Waals surface area contributed by atoms with E-state index >= 15 is 4.39 Å². The molecule has 12 heteroatoms. The van der Waals surface area contributed by atoms with Crippen molar-refractivity contribution in [1.29, 1.82) is 0 Å². The van der Waals surface area contributed by atoms with Crippen LogP contribution in [-0.4, -0.2) is 54.7 Å². The van der Waals surface area contributed by atoms with E-state index in [0.29, 0.717) is 48.2 Å². The number of nitrogens with two attached hydrogens (primary N) is 1. The third kappa shape index (κ3) is 4.57. The first-order valence-corrected chi connectivity index (χ1v) is 13.8. The number of methoxy groups -OCH3 is 1. The molecule has 214 valence electrons. The van der Waals surface area contributed by atoms with Crippen LogP contribution in [0.15, 0.2) is 41.5 Å². The highest BCUT2D eigenvalue weighted by Gasteiger charge is 2.32. The Morgan fingerprint density at radius 1 is 1.24 bits per heavy atom. The predicted octanol–water partition coefficient (Wildman–Crippen LogP) is 3.76. The Bertz CT molecular complexity index is 1810. The third-order valence-corrected chi connectivity index (χ3v) is 8.11. The summed E-state index contributed by atoms with van der Waals surface area (Å²) in [4.78, 5) is 33.6. The van der Waals surface area contributed by atoms with Gasteiger partial charge in [0.05, 0.1) is 41.0 Å². The second-order valence-electron chi connectivity index (χ2n) is 10.7. The number of carbonyl (C=O) groups is 1. The summed E-state index contributed by atoms with van der Waals surface area (Å²) in [7, 11) is 4.74. The van der Waals surface area contributed by atoms with E-state index in [1.807, 2.05) is 16.7 Å². The monoisotopic (exact) mass is 560 g/mol. The van der Waals surface area contributed by atoms with E-state index in [0.717, 1.165) is 40.4 Å². The molecule has 1 saturated carbocycles. The maximum atomic E-state index is 15.1. The molecular weight excluding hydrogens is 527 g/mol. The van der Waals surface area contributed by atoms with Crippen molar-refractivity contribution >= 4 is 28.2 Å². The molecule has 0 aliphatic heterocycles. The Morgan fingerprint density at radius 2 is 2.02 bits per heavy atom. The Balaban J connectivity index is 1.60. The number of imidazole rings is 1. The van der Waals surface area contributed by atoms with Crippen LogP contribution in [0, 0.1) is 5.95 Å². The van der Waals surface area contributed by atoms with Crippen molar-refractivity contribution < 1.29 is 13.9 Å². The Kier molecular flexibility index (Phi) is 6.86. The molecule has 0 spiro atoms. The molecule has 4 heterocycles. The fourth-order valence-electron chi connectivity index (χ4n) is 6.13. The van der Waals surface area contributed by atoms with E-state index in [9.17, 15) is 9.59 Å². The molecule has 1 aliphatic rings. The highest BCUT2D eigenvalue weighted by atomic mass is 19.1. The number of benzene rings is 1. The molecule has 4 N–H and O–H groups in total. The second-order valence-corrected chi connectivity index (χ2v) is 10.7. The van der Waals surface area contributed by atoms with Gasteiger partial charge in [-0.3, -0.25) is 13.8 Å². The summed E-state index contributed by atoms with van der Waals surface area (Å²) in [6.07, 6.45) is 6.57. The number of halogens is 1. The summed E-state index contributed by atoms with van der Waals surface area (Å²) in [5, 5.41) is 7.54. The van der Waals surface area contributed by atoms with Crippen molar-refractivity contribution in [1.82, 2.24) is 34.2 Å². The van der Waals surface area contributed by atoms with Gasteiger partial charge in [0.15, 0.2) is 0 Å². The molecule has 6 rings (SSSR count). The number of amides is 1. The zero-order valence-electron chi connectivity index (χ0n) is 23.3. The van der Waals surface area contributed by atoms with E-state index in [1.54, 1.807) is 31.1 Å². The van der Waals surface area contributed by atoms with Crippen LogP contribution in [0.1, 0.15) is 37.3 Å². The number of hydrogen-bond donors (Lipinski definition) is 3. The Morgan fingerprint density at radius 3 is 2.71 bits per heavy atom. The molecule has 5 aromatic rings. The fourth-order valence-corrected chi connectivity index (χ4v) is 6.13. The Labute approximate surface area is 235 Å². The van der Waals surface area contributed by atoms with Gasteiger partial charge in [-0.15, -0.1) is 5.10 Å². The van der Waals surface area contributed by atoms with Gasteiger partial charge < -0.3 is 20.8 Å². The number of aromatic nitrogens is 6. The van der Waals surface area contributed by atoms with Gasteiger partial charge in [0, 0.05) is 37.9 Å². The topological polar surface area (TPSA) is 138 Å². The van der Waals surface area contributed by atoms with Crippen LogP contribution >= 0.6 is 0 Å². The Hall–Kier alpha value is -4.45. The summed E-state index contributed by atoms with van der Waals surface area (Å²) in [6, 6.07) is 7.88. The number of pyridine rings is 1.